The lowest BCUT2D eigenvalue weighted by atomic mass is 10.1. The number of nitrogens with zero attached hydrogens (tertiary/aromatic N) is 2. The van der Waals surface area contributed by atoms with E-state index in [1.165, 1.54) is 6.07 Å². The average molecular weight is 352 g/mol. The molecule has 8 heteroatoms. The zero-order chi connectivity index (χ0) is 18.4. The van der Waals surface area contributed by atoms with Crippen LogP contribution in [0, 0.1) is 11.6 Å². The van der Waals surface area contributed by atoms with E-state index in [1.807, 2.05) is 13.8 Å². The van der Waals surface area contributed by atoms with Crippen molar-refractivity contribution in [2.45, 2.75) is 45.6 Å². The molecule has 6 nitrogen and oxygen atoms in total. The highest BCUT2D eigenvalue weighted by atomic mass is 19.2. The maximum atomic E-state index is 13.2. The van der Waals surface area contributed by atoms with Crippen LogP contribution in [0.2, 0.25) is 0 Å². The number of aromatic nitrogens is 2. The molecule has 0 saturated heterocycles. The molecule has 0 fully saturated rings. The van der Waals surface area contributed by atoms with Gasteiger partial charge in [-0.2, -0.15) is 4.98 Å². The number of hydrogen-bond acceptors (Lipinski definition) is 4. The summed E-state index contributed by atoms with van der Waals surface area (Å²) in [5.41, 5.74) is 0.487. The monoisotopic (exact) mass is 352 g/mol. The first-order valence-electron chi connectivity index (χ1n) is 8.18. The van der Waals surface area contributed by atoms with Gasteiger partial charge in [-0.25, -0.2) is 13.6 Å². The van der Waals surface area contributed by atoms with Gasteiger partial charge in [0, 0.05) is 18.9 Å². The fourth-order valence-electron chi connectivity index (χ4n) is 2.16. The number of halogens is 2. The summed E-state index contributed by atoms with van der Waals surface area (Å²) in [6, 6.07) is 2.72. The van der Waals surface area contributed by atoms with E-state index < -0.39 is 17.7 Å². The van der Waals surface area contributed by atoms with Crippen molar-refractivity contribution < 1.29 is 18.1 Å². The molecule has 1 aromatic carbocycles. The summed E-state index contributed by atoms with van der Waals surface area (Å²) in [7, 11) is 0. The molecule has 0 spiro atoms. The van der Waals surface area contributed by atoms with Gasteiger partial charge in [-0.05, 0) is 31.0 Å². The summed E-state index contributed by atoms with van der Waals surface area (Å²) in [4.78, 5) is 16.1. The van der Waals surface area contributed by atoms with Crippen molar-refractivity contribution in [3.05, 3.63) is 47.1 Å². The Balaban J connectivity index is 1.71. The highest BCUT2D eigenvalue weighted by molar-refractivity contribution is 5.74. The van der Waals surface area contributed by atoms with E-state index in [0.717, 1.165) is 12.1 Å². The normalized spacial score (nSPS) is 12.2. The number of urea groups is 1. The van der Waals surface area contributed by atoms with Crippen LogP contribution in [-0.4, -0.2) is 22.7 Å². The largest absolute Gasteiger partial charge is 0.339 e. The van der Waals surface area contributed by atoms with E-state index in [4.69, 9.17) is 4.52 Å². The molecule has 25 heavy (non-hydrogen) atoms. The van der Waals surface area contributed by atoms with Gasteiger partial charge in [0.05, 0.1) is 6.04 Å². The number of carbonyl (C=O) groups excluding carboxylic acids is 1. The molecule has 1 unspecified atom stereocenters. The summed E-state index contributed by atoms with van der Waals surface area (Å²) in [5, 5.41) is 9.24. The van der Waals surface area contributed by atoms with Gasteiger partial charge >= 0.3 is 6.03 Å². The SMILES string of the molecule is CC(C)c1noc(CCCNC(=O)NC(C)c2ccc(F)c(F)c2)n1. The summed E-state index contributed by atoms with van der Waals surface area (Å²) in [6.07, 6.45) is 1.21. The average Bonchev–Trinajstić information content (AvgIpc) is 3.03. The lowest BCUT2D eigenvalue weighted by Crippen LogP contribution is -2.37. The van der Waals surface area contributed by atoms with Gasteiger partial charge in [-0.3, -0.25) is 0 Å². The third kappa shape index (κ3) is 5.51. The Bertz CT molecular complexity index is 718. The molecule has 0 aliphatic carbocycles. The Morgan fingerprint density at radius 3 is 2.64 bits per heavy atom. The topological polar surface area (TPSA) is 80.0 Å². The van der Waals surface area contributed by atoms with Crippen LogP contribution in [0.5, 0.6) is 0 Å². The number of rotatable bonds is 7. The Hall–Kier alpha value is -2.51. The van der Waals surface area contributed by atoms with Gasteiger partial charge in [0.2, 0.25) is 5.89 Å². The van der Waals surface area contributed by atoms with Crippen molar-refractivity contribution in [1.82, 2.24) is 20.8 Å². The molecule has 0 bridgehead atoms. The smallest absolute Gasteiger partial charge is 0.315 e. The van der Waals surface area contributed by atoms with Crippen LogP contribution in [0.1, 0.15) is 56.4 Å². The zero-order valence-corrected chi connectivity index (χ0v) is 14.5. The summed E-state index contributed by atoms with van der Waals surface area (Å²) < 4.78 is 31.3. The standard InChI is InChI=1S/C17H22F2N4O2/c1-10(2)16-22-15(25-23-16)5-4-8-20-17(24)21-11(3)12-6-7-13(18)14(19)9-12/h6-7,9-11H,4-5,8H2,1-3H3,(H2,20,21,24). The molecule has 0 radical (unpaired) electrons. The number of amides is 2. The first-order chi connectivity index (χ1) is 11.9. The lowest BCUT2D eigenvalue weighted by Gasteiger charge is -2.15. The molecule has 1 heterocycles. The Morgan fingerprint density at radius 2 is 2.00 bits per heavy atom. The van der Waals surface area contributed by atoms with Crippen LogP contribution in [0.25, 0.3) is 0 Å². The van der Waals surface area contributed by atoms with E-state index in [2.05, 4.69) is 20.8 Å². The first-order valence-corrected chi connectivity index (χ1v) is 8.18. The maximum absolute atomic E-state index is 13.2. The van der Waals surface area contributed by atoms with Gasteiger partial charge < -0.3 is 15.2 Å². The van der Waals surface area contributed by atoms with Crippen molar-refractivity contribution in [2.24, 2.45) is 0 Å². The van der Waals surface area contributed by atoms with E-state index in [1.54, 1.807) is 6.92 Å². The van der Waals surface area contributed by atoms with Crippen molar-refractivity contribution in [2.75, 3.05) is 6.54 Å². The highest BCUT2D eigenvalue weighted by Crippen LogP contribution is 2.15. The van der Waals surface area contributed by atoms with Gasteiger partial charge in [0.25, 0.3) is 0 Å². The van der Waals surface area contributed by atoms with Gasteiger partial charge in [-0.15, -0.1) is 0 Å². The maximum Gasteiger partial charge on any atom is 0.315 e. The van der Waals surface area contributed by atoms with Crippen LogP contribution in [0.15, 0.2) is 22.7 Å². The third-order valence-electron chi connectivity index (χ3n) is 3.64. The Morgan fingerprint density at radius 1 is 1.24 bits per heavy atom. The molecule has 136 valence electrons. The molecule has 1 aromatic heterocycles. The van der Waals surface area contributed by atoms with Crippen LogP contribution in [-0.2, 0) is 6.42 Å². The third-order valence-corrected chi connectivity index (χ3v) is 3.64. The van der Waals surface area contributed by atoms with Crippen LogP contribution in [0.3, 0.4) is 0 Å². The number of benzene rings is 1. The van der Waals surface area contributed by atoms with Crippen molar-refractivity contribution >= 4 is 6.03 Å². The molecular weight excluding hydrogens is 330 g/mol. The van der Waals surface area contributed by atoms with Crippen molar-refractivity contribution in [3.63, 3.8) is 0 Å². The summed E-state index contributed by atoms with van der Waals surface area (Å²) in [6.45, 7) is 6.08. The van der Waals surface area contributed by atoms with Gasteiger partial charge in [0.15, 0.2) is 17.5 Å². The Kier molecular flexibility index (Phi) is 6.44. The summed E-state index contributed by atoms with van der Waals surface area (Å²) >= 11 is 0. The minimum absolute atomic E-state index is 0.208. The quantitative estimate of drug-likeness (QED) is 0.748. The van der Waals surface area contributed by atoms with Gasteiger partial charge in [-0.1, -0.05) is 25.1 Å². The molecule has 2 aromatic rings. The molecular formula is C17H22F2N4O2. The second-order valence-electron chi connectivity index (χ2n) is 6.10. The number of aryl methyl sites for hydroxylation is 1. The first kappa shape index (κ1) is 18.8. The van der Waals surface area contributed by atoms with E-state index in [-0.39, 0.29) is 11.9 Å². The van der Waals surface area contributed by atoms with E-state index in [0.29, 0.717) is 36.7 Å². The summed E-state index contributed by atoms with van der Waals surface area (Å²) in [5.74, 6) is -0.435. The van der Waals surface area contributed by atoms with Crippen LogP contribution >= 0.6 is 0 Å². The molecule has 2 N–H and O–H groups in total. The van der Waals surface area contributed by atoms with E-state index in [9.17, 15) is 13.6 Å². The van der Waals surface area contributed by atoms with Crippen LogP contribution < -0.4 is 10.6 Å². The number of nitrogens with one attached hydrogen (secondary N) is 2. The van der Waals surface area contributed by atoms with Crippen molar-refractivity contribution in [1.29, 1.82) is 0 Å². The number of hydrogen-bond donors (Lipinski definition) is 2. The molecule has 2 rings (SSSR count). The molecule has 0 saturated carbocycles. The number of carbonyl (C=O) groups is 1. The predicted octanol–water partition coefficient (Wildman–Crippen LogP) is 3.46. The molecule has 0 aliphatic heterocycles. The predicted molar refractivity (Wildman–Crippen MR) is 88.0 cm³/mol. The minimum atomic E-state index is -0.938. The highest BCUT2D eigenvalue weighted by Gasteiger charge is 2.12. The minimum Gasteiger partial charge on any atom is -0.339 e. The molecule has 0 aliphatic rings. The zero-order valence-electron chi connectivity index (χ0n) is 14.5. The fraction of sp³-hybridized carbons (Fsp3) is 0.471. The van der Waals surface area contributed by atoms with Crippen LogP contribution in [0.4, 0.5) is 13.6 Å². The fourth-order valence-corrected chi connectivity index (χ4v) is 2.16. The van der Waals surface area contributed by atoms with E-state index >= 15 is 0 Å². The Labute approximate surface area is 145 Å². The van der Waals surface area contributed by atoms with Crippen molar-refractivity contribution in [3.8, 4) is 0 Å². The second-order valence-corrected chi connectivity index (χ2v) is 6.10. The second kappa shape index (κ2) is 8.55. The molecule has 2 amide bonds. The molecule has 1 atom stereocenters. The van der Waals surface area contributed by atoms with Gasteiger partial charge in [0.1, 0.15) is 0 Å². The lowest BCUT2D eigenvalue weighted by molar-refractivity contribution is 0.237.